The van der Waals surface area contributed by atoms with Gasteiger partial charge in [-0.2, -0.15) is 0 Å². The van der Waals surface area contributed by atoms with Crippen LogP contribution in [0.25, 0.3) is 0 Å². The van der Waals surface area contributed by atoms with Crippen LogP contribution in [0.15, 0.2) is 48.5 Å². The molecule has 2 aromatic rings. The van der Waals surface area contributed by atoms with E-state index in [1.807, 2.05) is 45.0 Å². The van der Waals surface area contributed by atoms with Crippen molar-refractivity contribution in [3.8, 4) is 5.75 Å². The van der Waals surface area contributed by atoms with Crippen LogP contribution in [-0.4, -0.2) is 48.5 Å². The molecular formula is C25H35N3O3. The van der Waals surface area contributed by atoms with Crippen LogP contribution in [0.2, 0.25) is 0 Å². The zero-order valence-corrected chi connectivity index (χ0v) is 19.3. The summed E-state index contributed by atoms with van der Waals surface area (Å²) in [6, 6.07) is 14.4. The Bertz CT molecular complexity index is 853. The van der Waals surface area contributed by atoms with E-state index >= 15 is 0 Å². The number of ether oxygens (including phenoxy) is 1. The first kappa shape index (κ1) is 24.4. The number of benzene rings is 2. The molecule has 0 aromatic heterocycles. The maximum absolute atomic E-state index is 12.6. The Labute approximate surface area is 186 Å². The van der Waals surface area contributed by atoms with Crippen LogP contribution in [0.5, 0.6) is 5.75 Å². The van der Waals surface area contributed by atoms with E-state index in [1.165, 1.54) is 0 Å². The SMILES string of the molecule is CCN(CC)CCOc1ccccc1CNC(=O)c1ccc(C(=O)NC(C)(C)C)cc1. The number of nitrogens with zero attached hydrogens (tertiary/aromatic N) is 1. The number of amides is 2. The summed E-state index contributed by atoms with van der Waals surface area (Å²) >= 11 is 0. The quantitative estimate of drug-likeness (QED) is 0.606. The minimum atomic E-state index is -0.312. The van der Waals surface area contributed by atoms with E-state index in [0.29, 0.717) is 24.3 Å². The Hall–Kier alpha value is -2.86. The van der Waals surface area contributed by atoms with Gasteiger partial charge in [-0.05, 0) is 64.2 Å². The lowest BCUT2D eigenvalue weighted by Gasteiger charge is -2.20. The number of carbonyl (C=O) groups excluding carboxylic acids is 2. The molecule has 0 bridgehead atoms. The minimum absolute atomic E-state index is 0.157. The molecule has 0 radical (unpaired) electrons. The summed E-state index contributed by atoms with van der Waals surface area (Å²) < 4.78 is 5.95. The maximum atomic E-state index is 12.6. The molecule has 0 fully saturated rings. The molecule has 0 spiro atoms. The molecule has 0 aliphatic rings. The van der Waals surface area contributed by atoms with Gasteiger partial charge in [0.05, 0.1) is 0 Å². The van der Waals surface area contributed by atoms with Gasteiger partial charge in [0, 0.05) is 35.3 Å². The highest BCUT2D eigenvalue weighted by atomic mass is 16.5. The first-order valence-corrected chi connectivity index (χ1v) is 10.9. The number of likely N-dealkylation sites (N-methyl/N-ethyl adjacent to an activating group) is 1. The fourth-order valence-electron chi connectivity index (χ4n) is 3.08. The van der Waals surface area contributed by atoms with Crippen LogP contribution >= 0.6 is 0 Å². The molecule has 2 rings (SSSR count). The second-order valence-corrected chi connectivity index (χ2v) is 8.45. The van der Waals surface area contributed by atoms with Crippen molar-refractivity contribution in [1.82, 2.24) is 15.5 Å². The molecule has 0 saturated heterocycles. The summed E-state index contributed by atoms with van der Waals surface area (Å²) in [7, 11) is 0. The largest absolute Gasteiger partial charge is 0.492 e. The van der Waals surface area contributed by atoms with Gasteiger partial charge in [0.15, 0.2) is 0 Å². The second kappa shape index (κ2) is 11.5. The third-order valence-corrected chi connectivity index (χ3v) is 4.87. The van der Waals surface area contributed by atoms with Crippen molar-refractivity contribution in [2.75, 3.05) is 26.2 Å². The molecule has 0 aliphatic heterocycles. The van der Waals surface area contributed by atoms with Crippen LogP contribution < -0.4 is 15.4 Å². The highest BCUT2D eigenvalue weighted by Gasteiger charge is 2.16. The number of hydrogen-bond acceptors (Lipinski definition) is 4. The third kappa shape index (κ3) is 8.06. The van der Waals surface area contributed by atoms with Crippen LogP contribution in [0.4, 0.5) is 0 Å². The molecule has 0 saturated carbocycles. The Morgan fingerprint density at radius 3 is 2.06 bits per heavy atom. The van der Waals surface area contributed by atoms with Gasteiger partial charge in [-0.3, -0.25) is 9.59 Å². The van der Waals surface area contributed by atoms with Crippen molar-refractivity contribution in [3.63, 3.8) is 0 Å². The van der Waals surface area contributed by atoms with E-state index in [1.54, 1.807) is 24.3 Å². The minimum Gasteiger partial charge on any atom is -0.492 e. The average Bonchev–Trinajstić information content (AvgIpc) is 2.74. The summed E-state index contributed by atoms with van der Waals surface area (Å²) in [5, 5.41) is 5.85. The van der Waals surface area contributed by atoms with Crippen LogP contribution in [0.3, 0.4) is 0 Å². The first-order chi connectivity index (χ1) is 14.7. The number of para-hydroxylation sites is 1. The van der Waals surface area contributed by atoms with E-state index < -0.39 is 0 Å². The van der Waals surface area contributed by atoms with Crippen molar-refractivity contribution < 1.29 is 14.3 Å². The molecule has 2 amide bonds. The van der Waals surface area contributed by atoms with Gasteiger partial charge < -0.3 is 20.3 Å². The third-order valence-electron chi connectivity index (χ3n) is 4.87. The molecular weight excluding hydrogens is 390 g/mol. The smallest absolute Gasteiger partial charge is 0.251 e. The number of rotatable bonds is 10. The molecule has 168 valence electrons. The summed E-state index contributed by atoms with van der Waals surface area (Å²) in [6.45, 7) is 13.9. The Morgan fingerprint density at radius 1 is 0.903 bits per heavy atom. The van der Waals surface area contributed by atoms with Crippen molar-refractivity contribution in [3.05, 3.63) is 65.2 Å². The summed E-state index contributed by atoms with van der Waals surface area (Å²) in [5.41, 5.74) is 1.65. The molecule has 0 atom stereocenters. The summed E-state index contributed by atoms with van der Waals surface area (Å²) in [6.07, 6.45) is 0. The molecule has 0 aliphatic carbocycles. The number of hydrogen-bond donors (Lipinski definition) is 2. The van der Waals surface area contributed by atoms with E-state index in [-0.39, 0.29) is 17.4 Å². The van der Waals surface area contributed by atoms with Crippen LogP contribution in [0, 0.1) is 0 Å². The van der Waals surface area contributed by atoms with Gasteiger partial charge in [-0.25, -0.2) is 0 Å². The van der Waals surface area contributed by atoms with Gasteiger partial charge in [-0.15, -0.1) is 0 Å². The van der Waals surface area contributed by atoms with Crippen LogP contribution in [-0.2, 0) is 6.54 Å². The maximum Gasteiger partial charge on any atom is 0.251 e. The summed E-state index contributed by atoms with van der Waals surface area (Å²) in [4.78, 5) is 27.1. The van der Waals surface area contributed by atoms with Crippen molar-refractivity contribution in [2.24, 2.45) is 0 Å². The average molecular weight is 426 g/mol. The second-order valence-electron chi connectivity index (χ2n) is 8.45. The molecule has 0 unspecified atom stereocenters. The van der Waals surface area contributed by atoms with Gasteiger partial charge in [-0.1, -0.05) is 32.0 Å². The lowest BCUT2D eigenvalue weighted by Crippen LogP contribution is -2.40. The predicted molar refractivity (Wildman–Crippen MR) is 125 cm³/mol. The van der Waals surface area contributed by atoms with Crippen molar-refractivity contribution in [2.45, 2.75) is 46.7 Å². The van der Waals surface area contributed by atoms with Gasteiger partial charge in [0.1, 0.15) is 12.4 Å². The fraction of sp³-hybridized carbons (Fsp3) is 0.440. The van der Waals surface area contributed by atoms with E-state index in [2.05, 4.69) is 29.4 Å². The monoisotopic (exact) mass is 425 g/mol. The summed E-state index contributed by atoms with van der Waals surface area (Å²) in [5.74, 6) is 0.431. The normalized spacial score (nSPS) is 11.3. The van der Waals surface area contributed by atoms with E-state index in [9.17, 15) is 9.59 Å². The van der Waals surface area contributed by atoms with Crippen molar-refractivity contribution in [1.29, 1.82) is 0 Å². The van der Waals surface area contributed by atoms with E-state index in [4.69, 9.17) is 4.74 Å². The Balaban J connectivity index is 1.93. The molecule has 6 nitrogen and oxygen atoms in total. The van der Waals surface area contributed by atoms with Crippen LogP contribution in [0.1, 0.15) is 60.9 Å². The van der Waals surface area contributed by atoms with E-state index in [0.717, 1.165) is 30.9 Å². The first-order valence-electron chi connectivity index (χ1n) is 10.9. The Morgan fingerprint density at radius 2 is 1.48 bits per heavy atom. The lowest BCUT2D eigenvalue weighted by molar-refractivity contribution is 0.0915. The standard InChI is InChI=1S/C25H35N3O3/c1-6-28(7-2)16-17-31-22-11-9-8-10-21(22)18-26-23(29)19-12-14-20(15-13-19)24(30)27-25(3,4)5/h8-15H,6-7,16-18H2,1-5H3,(H,26,29)(H,27,30). The number of nitrogens with one attached hydrogen (secondary N) is 2. The van der Waals surface area contributed by atoms with Gasteiger partial charge in [0.2, 0.25) is 0 Å². The molecule has 2 aromatic carbocycles. The molecule has 6 heteroatoms. The molecule has 31 heavy (non-hydrogen) atoms. The van der Waals surface area contributed by atoms with Gasteiger partial charge in [0.25, 0.3) is 11.8 Å². The molecule has 0 heterocycles. The predicted octanol–water partition coefficient (Wildman–Crippen LogP) is 3.87. The van der Waals surface area contributed by atoms with Crippen molar-refractivity contribution >= 4 is 11.8 Å². The highest BCUT2D eigenvalue weighted by molar-refractivity contribution is 5.98. The zero-order valence-electron chi connectivity index (χ0n) is 19.3. The highest BCUT2D eigenvalue weighted by Crippen LogP contribution is 2.18. The Kier molecular flexibility index (Phi) is 9.06. The lowest BCUT2D eigenvalue weighted by atomic mass is 10.1. The van der Waals surface area contributed by atoms with Gasteiger partial charge >= 0.3 is 0 Å². The topological polar surface area (TPSA) is 70.7 Å². The zero-order chi connectivity index (χ0) is 22.9. The number of carbonyl (C=O) groups is 2. The fourth-order valence-corrected chi connectivity index (χ4v) is 3.08. The molecule has 2 N–H and O–H groups in total.